The molecular formula is C16H21NS. The minimum Gasteiger partial charge on any atom is -0.310 e. The Bertz CT molecular complexity index is 511. The number of thiophene rings is 1. The Balaban J connectivity index is 1.65. The van der Waals surface area contributed by atoms with Crippen LogP contribution in [0.2, 0.25) is 0 Å². The summed E-state index contributed by atoms with van der Waals surface area (Å²) in [6, 6.07) is 9.37. The third-order valence-corrected chi connectivity index (χ3v) is 5.29. The van der Waals surface area contributed by atoms with Crippen LogP contribution < -0.4 is 5.32 Å². The van der Waals surface area contributed by atoms with E-state index < -0.39 is 0 Å². The maximum absolute atomic E-state index is 3.73. The summed E-state index contributed by atoms with van der Waals surface area (Å²) in [4.78, 5) is 0. The molecule has 1 aromatic heterocycles. The average Bonchev–Trinajstić information content (AvgIpc) is 3.06. The first-order valence-electron chi connectivity index (χ1n) is 7.03. The molecular weight excluding hydrogens is 238 g/mol. The fourth-order valence-corrected chi connectivity index (χ4v) is 4.03. The summed E-state index contributed by atoms with van der Waals surface area (Å²) in [6.07, 6.45) is 5.69. The van der Waals surface area contributed by atoms with Gasteiger partial charge in [-0.25, -0.2) is 0 Å². The first kappa shape index (κ1) is 12.2. The van der Waals surface area contributed by atoms with Crippen LogP contribution in [-0.4, -0.2) is 6.04 Å². The molecule has 3 rings (SSSR count). The Hall–Kier alpha value is -0.860. The molecule has 18 heavy (non-hydrogen) atoms. The number of hydrogen-bond acceptors (Lipinski definition) is 2. The Labute approximate surface area is 113 Å². The van der Waals surface area contributed by atoms with Gasteiger partial charge in [-0.15, -0.1) is 11.3 Å². The van der Waals surface area contributed by atoms with Gasteiger partial charge in [0.1, 0.15) is 0 Å². The van der Waals surface area contributed by atoms with Crippen molar-refractivity contribution in [3.63, 3.8) is 0 Å². The van der Waals surface area contributed by atoms with Crippen LogP contribution in [-0.2, 0) is 6.54 Å². The molecule has 1 fully saturated rings. The number of hydrogen-bond donors (Lipinski definition) is 1. The van der Waals surface area contributed by atoms with E-state index in [2.05, 4.69) is 41.9 Å². The second-order valence-corrected chi connectivity index (χ2v) is 6.38. The molecule has 0 radical (unpaired) electrons. The molecule has 0 bridgehead atoms. The molecule has 0 spiro atoms. The van der Waals surface area contributed by atoms with Gasteiger partial charge in [-0.05, 0) is 48.1 Å². The molecule has 1 saturated carbocycles. The second kappa shape index (κ2) is 5.41. The molecule has 1 aromatic carbocycles. The third kappa shape index (κ3) is 2.45. The van der Waals surface area contributed by atoms with Gasteiger partial charge in [-0.2, -0.15) is 0 Å². The summed E-state index contributed by atoms with van der Waals surface area (Å²) in [5, 5.41) is 7.46. The van der Waals surface area contributed by atoms with Gasteiger partial charge < -0.3 is 5.32 Å². The average molecular weight is 259 g/mol. The maximum atomic E-state index is 3.73. The van der Waals surface area contributed by atoms with Gasteiger partial charge in [-0.3, -0.25) is 0 Å². The molecule has 1 heterocycles. The van der Waals surface area contributed by atoms with Crippen molar-refractivity contribution in [3.8, 4) is 0 Å². The first-order valence-corrected chi connectivity index (χ1v) is 7.91. The minimum absolute atomic E-state index is 0.658. The maximum Gasteiger partial charge on any atom is 0.0346 e. The van der Waals surface area contributed by atoms with Crippen LogP contribution in [0.3, 0.4) is 0 Å². The molecule has 1 N–H and O–H groups in total. The van der Waals surface area contributed by atoms with E-state index in [1.54, 1.807) is 0 Å². The van der Waals surface area contributed by atoms with Crippen molar-refractivity contribution in [3.05, 3.63) is 35.2 Å². The van der Waals surface area contributed by atoms with Crippen LogP contribution >= 0.6 is 11.3 Å². The molecule has 1 aliphatic carbocycles. The number of fused-ring (bicyclic) bond motifs is 1. The zero-order valence-corrected chi connectivity index (χ0v) is 11.8. The van der Waals surface area contributed by atoms with Crippen molar-refractivity contribution >= 4 is 21.4 Å². The number of nitrogens with one attached hydrogen (secondary N) is 1. The van der Waals surface area contributed by atoms with Crippen molar-refractivity contribution < 1.29 is 0 Å². The van der Waals surface area contributed by atoms with E-state index in [1.807, 2.05) is 11.3 Å². The molecule has 1 atom stereocenters. The largest absolute Gasteiger partial charge is 0.310 e. The van der Waals surface area contributed by atoms with Crippen molar-refractivity contribution in [1.29, 1.82) is 0 Å². The SMILES string of the molecule is CC(NCc1csc2ccccc12)C1CCCC1. The number of benzene rings is 1. The molecule has 0 saturated heterocycles. The summed E-state index contributed by atoms with van der Waals surface area (Å²) in [5.74, 6) is 0.898. The highest BCUT2D eigenvalue weighted by molar-refractivity contribution is 7.17. The topological polar surface area (TPSA) is 12.0 Å². The lowest BCUT2D eigenvalue weighted by molar-refractivity contribution is 0.381. The van der Waals surface area contributed by atoms with Crippen molar-refractivity contribution in [2.24, 2.45) is 5.92 Å². The van der Waals surface area contributed by atoms with Gasteiger partial charge in [0.2, 0.25) is 0 Å². The third-order valence-electron chi connectivity index (χ3n) is 4.28. The summed E-state index contributed by atoms with van der Waals surface area (Å²) < 4.78 is 1.41. The minimum atomic E-state index is 0.658. The normalized spacial score (nSPS) is 18.5. The van der Waals surface area contributed by atoms with Crippen LogP contribution in [0.25, 0.3) is 10.1 Å². The van der Waals surface area contributed by atoms with Crippen LogP contribution in [0.4, 0.5) is 0 Å². The lowest BCUT2D eigenvalue weighted by atomic mass is 9.99. The standard InChI is InChI=1S/C16H21NS/c1-12(13-6-2-3-7-13)17-10-14-11-18-16-9-5-4-8-15(14)16/h4-5,8-9,11-13,17H,2-3,6-7,10H2,1H3. The quantitative estimate of drug-likeness (QED) is 0.848. The van der Waals surface area contributed by atoms with Gasteiger partial charge in [-0.1, -0.05) is 31.0 Å². The fourth-order valence-electron chi connectivity index (χ4n) is 3.06. The summed E-state index contributed by atoms with van der Waals surface area (Å²) >= 11 is 1.86. The lowest BCUT2D eigenvalue weighted by Crippen LogP contribution is -2.31. The van der Waals surface area contributed by atoms with Gasteiger partial charge in [0.05, 0.1) is 0 Å². The Kier molecular flexibility index (Phi) is 3.67. The first-order chi connectivity index (χ1) is 8.84. The van der Waals surface area contributed by atoms with E-state index in [-0.39, 0.29) is 0 Å². The molecule has 0 amide bonds. The zero-order valence-electron chi connectivity index (χ0n) is 11.0. The summed E-state index contributed by atoms with van der Waals surface area (Å²) in [6.45, 7) is 3.37. The van der Waals surface area contributed by atoms with E-state index >= 15 is 0 Å². The molecule has 2 aromatic rings. The van der Waals surface area contributed by atoms with Crippen LogP contribution in [0.15, 0.2) is 29.6 Å². The highest BCUT2D eigenvalue weighted by atomic mass is 32.1. The molecule has 96 valence electrons. The van der Waals surface area contributed by atoms with Crippen LogP contribution in [0.1, 0.15) is 38.2 Å². The van der Waals surface area contributed by atoms with E-state index in [0.717, 1.165) is 12.5 Å². The van der Waals surface area contributed by atoms with Gasteiger partial charge in [0, 0.05) is 17.3 Å². The Morgan fingerprint density at radius 1 is 1.28 bits per heavy atom. The summed E-state index contributed by atoms with van der Waals surface area (Å²) in [5.41, 5.74) is 1.46. The van der Waals surface area contributed by atoms with E-state index in [0.29, 0.717) is 6.04 Å². The number of rotatable bonds is 4. The molecule has 1 unspecified atom stereocenters. The molecule has 0 aliphatic heterocycles. The molecule has 1 aliphatic rings. The monoisotopic (exact) mass is 259 g/mol. The van der Waals surface area contributed by atoms with Crippen molar-refractivity contribution in [1.82, 2.24) is 5.32 Å². The highest BCUT2D eigenvalue weighted by Crippen LogP contribution is 2.29. The van der Waals surface area contributed by atoms with Crippen molar-refractivity contribution in [2.75, 3.05) is 0 Å². The van der Waals surface area contributed by atoms with Crippen molar-refractivity contribution in [2.45, 2.75) is 45.2 Å². The molecule has 2 heteroatoms. The predicted molar refractivity (Wildman–Crippen MR) is 80.1 cm³/mol. The second-order valence-electron chi connectivity index (χ2n) is 5.47. The van der Waals surface area contributed by atoms with Crippen LogP contribution in [0.5, 0.6) is 0 Å². The summed E-state index contributed by atoms with van der Waals surface area (Å²) in [7, 11) is 0. The Morgan fingerprint density at radius 3 is 2.89 bits per heavy atom. The van der Waals surface area contributed by atoms with E-state index in [9.17, 15) is 0 Å². The fraction of sp³-hybridized carbons (Fsp3) is 0.500. The molecule has 1 nitrogen and oxygen atoms in total. The van der Waals surface area contributed by atoms with E-state index in [1.165, 1.54) is 41.3 Å². The van der Waals surface area contributed by atoms with E-state index in [4.69, 9.17) is 0 Å². The van der Waals surface area contributed by atoms with Gasteiger partial charge in [0.15, 0.2) is 0 Å². The lowest BCUT2D eigenvalue weighted by Gasteiger charge is -2.20. The van der Waals surface area contributed by atoms with Gasteiger partial charge >= 0.3 is 0 Å². The van der Waals surface area contributed by atoms with Crippen LogP contribution in [0, 0.1) is 5.92 Å². The highest BCUT2D eigenvalue weighted by Gasteiger charge is 2.21. The zero-order chi connectivity index (χ0) is 12.4. The Morgan fingerprint density at radius 2 is 2.06 bits per heavy atom. The predicted octanol–water partition coefficient (Wildman–Crippen LogP) is 4.57. The smallest absolute Gasteiger partial charge is 0.0346 e. The van der Waals surface area contributed by atoms with Gasteiger partial charge in [0.25, 0.3) is 0 Å².